The molecular formula is C13H11BrN2O3S. The van der Waals surface area contributed by atoms with Gasteiger partial charge in [0.1, 0.15) is 0 Å². The SMILES string of the molecule is NN(C(=O)c1ccccc1Br)S(=O)(=O)c1ccccc1. The van der Waals surface area contributed by atoms with Crippen molar-refractivity contribution in [2.24, 2.45) is 5.84 Å². The van der Waals surface area contributed by atoms with E-state index in [-0.39, 0.29) is 14.9 Å². The van der Waals surface area contributed by atoms with Crippen molar-refractivity contribution in [1.82, 2.24) is 4.41 Å². The molecule has 5 nitrogen and oxygen atoms in total. The maximum Gasteiger partial charge on any atom is 0.283 e. The number of hydrazine groups is 1. The van der Waals surface area contributed by atoms with Crippen LogP contribution in [0.15, 0.2) is 64.0 Å². The standard InChI is InChI=1S/C13H11BrN2O3S/c14-12-9-5-4-8-11(12)13(17)16(15)20(18,19)10-6-2-1-3-7-10/h1-9H,15H2. The lowest BCUT2D eigenvalue weighted by atomic mass is 10.2. The maximum absolute atomic E-state index is 12.2. The first-order valence-electron chi connectivity index (χ1n) is 5.58. The molecule has 0 saturated carbocycles. The number of sulfonamides is 1. The summed E-state index contributed by atoms with van der Waals surface area (Å²) < 4.78 is 25.2. The highest BCUT2D eigenvalue weighted by Gasteiger charge is 2.28. The van der Waals surface area contributed by atoms with Gasteiger partial charge in [-0.3, -0.25) is 4.79 Å². The molecular weight excluding hydrogens is 344 g/mol. The predicted molar refractivity (Wildman–Crippen MR) is 78.1 cm³/mol. The zero-order chi connectivity index (χ0) is 14.8. The van der Waals surface area contributed by atoms with Gasteiger partial charge in [-0.1, -0.05) is 30.3 Å². The summed E-state index contributed by atoms with van der Waals surface area (Å²) in [6.07, 6.45) is 0. The van der Waals surface area contributed by atoms with Crippen LogP contribution in [-0.2, 0) is 10.0 Å². The van der Waals surface area contributed by atoms with Gasteiger partial charge in [0.25, 0.3) is 15.9 Å². The van der Waals surface area contributed by atoms with Gasteiger partial charge < -0.3 is 0 Å². The van der Waals surface area contributed by atoms with Crippen LogP contribution in [0.4, 0.5) is 0 Å². The van der Waals surface area contributed by atoms with Gasteiger partial charge >= 0.3 is 0 Å². The molecule has 0 atom stereocenters. The zero-order valence-electron chi connectivity index (χ0n) is 10.2. The van der Waals surface area contributed by atoms with E-state index < -0.39 is 15.9 Å². The van der Waals surface area contributed by atoms with E-state index in [4.69, 9.17) is 5.84 Å². The third-order valence-electron chi connectivity index (χ3n) is 2.60. The normalized spacial score (nSPS) is 11.1. The molecule has 0 fully saturated rings. The fraction of sp³-hybridized carbons (Fsp3) is 0. The van der Waals surface area contributed by atoms with Crippen LogP contribution in [0.3, 0.4) is 0 Å². The quantitative estimate of drug-likeness (QED) is 0.520. The molecule has 2 rings (SSSR count). The Kier molecular flexibility index (Phi) is 4.22. The maximum atomic E-state index is 12.2. The van der Waals surface area contributed by atoms with Gasteiger partial charge in [-0.15, -0.1) is 0 Å². The lowest BCUT2D eigenvalue weighted by Gasteiger charge is -2.17. The fourth-order valence-corrected chi connectivity index (χ4v) is 3.07. The minimum absolute atomic E-state index is 0.0390. The molecule has 7 heteroatoms. The van der Waals surface area contributed by atoms with Crippen LogP contribution in [0, 0.1) is 0 Å². The number of halogens is 1. The van der Waals surface area contributed by atoms with E-state index in [1.165, 1.54) is 18.2 Å². The van der Waals surface area contributed by atoms with Crippen molar-refractivity contribution in [3.63, 3.8) is 0 Å². The summed E-state index contributed by atoms with van der Waals surface area (Å²) >= 11 is 3.19. The van der Waals surface area contributed by atoms with Gasteiger partial charge in [-0.2, -0.15) is 12.8 Å². The van der Waals surface area contributed by atoms with Crippen molar-refractivity contribution >= 4 is 31.9 Å². The molecule has 0 aliphatic rings. The molecule has 0 heterocycles. The topological polar surface area (TPSA) is 80.5 Å². The first-order chi connectivity index (χ1) is 9.44. The fourth-order valence-electron chi connectivity index (χ4n) is 1.57. The van der Waals surface area contributed by atoms with Gasteiger partial charge in [0.15, 0.2) is 0 Å². The van der Waals surface area contributed by atoms with E-state index in [1.54, 1.807) is 36.4 Å². The van der Waals surface area contributed by atoms with Crippen molar-refractivity contribution in [1.29, 1.82) is 0 Å². The second kappa shape index (κ2) is 5.74. The number of nitrogens with zero attached hydrogens (tertiary/aromatic N) is 1. The molecule has 2 aromatic carbocycles. The molecule has 0 saturated heterocycles. The monoisotopic (exact) mass is 354 g/mol. The molecule has 104 valence electrons. The summed E-state index contributed by atoms with van der Waals surface area (Å²) in [6, 6.07) is 14.0. The minimum atomic E-state index is -4.06. The second-order valence-electron chi connectivity index (χ2n) is 3.90. The van der Waals surface area contributed by atoms with E-state index in [1.807, 2.05) is 0 Å². The largest absolute Gasteiger partial charge is 0.283 e. The van der Waals surface area contributed by atoms with Gasteiger partial charge in [-0.25, -0.2) is 5.84 Å². The number of nitrogens with two attached hydrogens (primary N) is 1. The smallest absolute Gasteiger partial charge is 0.266 e. The molecule has 0 aliphatic carbocycles. The summed E-state index contributed by atoms with van der Waals surface area (Å²) in [5, 5.41) is 0. The number of hydrogen-bond donors (Lipinski definition) is 1. The molecule has 20 heavy (non-hydrogen) atoms. The Morgan fingerprint density at radius 1 is 1.00 bits per heavy atom. The molecule has 0 aliphatic heterocycles. The molecule has 1 amide bonds. The first kappa shape index (κ1) is 14.7. The number of carbonyl (C=O) groups excluding carboxylic acids is 1. The molecule has 0 radical (unpaired) electrons. The van der Waals surface area contributed by atoms with Crippen molar-refractivity contribution in [2.45, 2.75) is 4.90 Å². The summed E-state index contributed by atoms with van der Waals surface area (Å²) in [5.74, 6) is 4.70. The zero-order valence-corrected chi connectivity index (χ0v) is 12.6. The van der Waals surface area contributed by atoms with E-state index in [0.29, 0.717) is 4.47 Å². The van der Waals surface area contributed by atoms with Crippen LogP contribution in [0.2, 0.25) is 0 Å². The average Bonchev–Trinajstić information content (AvgIpc) is 2.47. The van der Waals surface area contributed by atoms with Crippen LogP contribution in [0.5, 0.6) is 0 Å². The number of amides is 1. The lowest BCUT2D eigenvalue weighted by molar-refractivity contribution is 0.0860. The summed E-state index contributed by atoms with van der Waals surface area (Å²) in [6.45, 7) is 0. The molecule has 0 bridgehead atoms. The highest BCUT2D eigenvalue weighted by molar-refractivity contribution is 9.10. The van der Waals surface area contributed by atoms with Crippen molar-refractivity contribution < 1.29 is 13.2 Å². The van der Waals surface area contributed by atoms with Crippen LogP contribution in [0.1, 0.15) is 10.4 Å². The van der Waals surface area contributed by atoms with Gasteiger partial charge in [0, 0.05) is 4.47 Å². The molecule has 0 spiro atoms. The van der Waals surface area contributed by atoms with Crippen molar-refractivity contribution in [3.8, 4) is 0 Å². The summed E-state index contributed by atoms with van der Waals surface area (Å²) in [5.41, 5.74) is 0.175. The second-order valence-corrected chi connectivity index (χ2v) is 6.57. The third-order valence-corrected chi connectivity index (χ3v) is 4.85. The van der Waals surface area contributed by atoms with Crippen LogP contribution >= 0.6 is 15.9 Å². The Balaban J connectivity index is 2.39. The van der Waals surface area contributed by atoms with Gasteiger partial charge in [0.2, 0.25) is 0 Å². The molecule has 2 N–H and O–H groups in total. The number of hydrogen-bond acceptors (Lipinski definition) is 4. The van der Waals surface area contributed by atoms with Crippen LogP contribution in [0.25, 0.3) is 0 Å². The predicted octanol–water partition coefficient (Wildman–Crippen LogP) is 2.15. The Morgan fingerprint density at radius 2 is 1.55 bits per heavy atom. The Bertz CT molecular complexity index is 732. The Labute approximate surface area is 125 Å². The van der Waals surface area contributed by atoms with Crippen molar-refractivity contribution in [2.75, 3.05) is 0 Å². The average molecular weight is 355 g/mol. The summed E-state index contributed by atoms with van der Waals surface area (Å²) in [7, 11) is -4.06. The van der Waals surface area contributed by atoms with Gasteiger partial charge in [0.05, 0.1) is 10.5 Å². The number of rotatable bonds is 3. The minimum Gasteiger partial charge on any atom is -0.266 e. The Hall–Kier alpha value is -1.70. The Morgan fingerprint density at radius 3 is 2.15 bits per heavy atom. The van der Waals surface area contributed by atoms with Gasteiger partial charge in [-0.05, 0) is 40.2 Å². The highest BCUT2D eigenvalue weighted by atomic mass is 79.9. The van der Waals surface area contributed by atoms with Crippen LogP contribution < -0.4 is 5.84 Å². The molecule has 2 aromatic rings. The lowest BCUT2D eigenvalue weighted by Crippen LogP contribution is -2.42. The number of carbonyl (C=O) groups is 1. The molecule has 0 unspecified atom stereocenters. The highest BCUT2D eigenvalue weighted by Crippen LogP contribution is 2.20. The first-order valence-corrected chi connectivity index (χ1v) is 7.82. The summed E-state index contributed by atoms with van der Waals surface area (Å²) in [4.78, 5) is 12.1. The van der Waals surface area contributed by atoms with E-state index >= 15 is 0 Å². The number of benzene rings is 2. The third kappa shape index (κ3) is 2.74. The van der Waals surface area contributed by atoms with E-state index in [9.17, 15) is 13.2 Å². The molecule has 0 aromatic heterocycles. The van der Waals surface area contributed by atoms with E-state index in [0.717, 1.165) is 0 Å². The van der Waals surface area contributed by atoms with Crippen LogP contribution in [-0.4, -0.2) is 18.7 Å². The van der Waals surface area contributed by atoms with Crippen molar-refractivity contribution in [3.05, 3.63) is 64.6 Å². The van der Waals surface area contributed by atoms with E-state index in [2.05, 4.69) is 15.9 Å².